The Bertz CT molecular complexity index is 567. The topological polar surface area (TPSA) is 48.8 Å². The normalized spacial score (nSPS) is 10.1. The van der Waals surface area contributed by atoms with Gasteiger partial charge in [-0.2, -0.15) is 0 Å². The molecule has 17 heavy (non-hydrogen) atoms. The first-order valence-electron chi connectivity index (χ1n) is 5.27. The molecule has 0 radical (unpaired) electrons. The second-order valence-corrected chi connectivity index (χ2v) is 3.47. The zero-order chi connectivity index (χ0) is 11.9. The average molecular weight is 221 g/mol. The molecule has 2 aromatic carbocycles. The van der Waals surface area contributed by atoms with Gasteiger partial charge in [0.2, 0.25) is 0 Å². The Labute approximate surface area is 99.7 Å². The molecule has 0 fully saturated rings. The second kappa shape index (κ2) is 5.54. The third kappa shape index (κ3) is 2.74. The van der Waals surface area contributed by atoms with Gasteiger partial charge in [-0.1, -0.05) is 65.8 Å². The van der Waals surface area contributed by atoms with Crippen LogP contribution in [0.5, 0.6) is 0 Å². The van der Waals surface area contributed by atoms with Gasteiger partial charge in [0.1, 0.15) is 0 Å². The van der Waals surface area contributed by atoms with Gasteiger partial charge in [0.05, 0.1) is 0 Å². The van der Waals surface area contributed by atoms with Crippen LogP contribution in [0.1, 0.15) is 5.56 Å². The summed E-state index contributed by atoms with van der Waals surface area (Å²) in [5, 5.41) is 3.40. The third-order valence-electron chi connectivity index (χ3n) is 2.42. The molecule has 0 aliphatic rings. The van der Waals surface area contributed by atoms with Crippen molar-refractivity contribution in [3.05, 3.63) is 76.8 Å². The van der Waals surface area contributed by atoms with E-state index in [-0.39, 0.29) is 0 Å². The third-order valence-corrected chi connectivity index (χ3v) is 2.42. The van der Waals surface area contributed by atoms with E-state index in [0.717, 1.165) is 16.7 Å². The lowest BCUT2D eigenvalue weighted by Gasteiger charge is -2.05. The minimum absolute atomic E-state index is 1.03. The fraction of sp³-hybridized carbons (Fsp3) is 0. The van der Waals surface area contributed by atoms with Gasteiger partial charge in [-0.05, 0) is 22.2 Å². The predicted molar refractivity (Wildman–Crippen MR) is 70.1 cm³/mol. The summed E-state index contributed by atoms with van der Waals surface area (Å²) in [5.41, 5.74) is 11.5. The molecule has 82 valence electrons. The molecule has 2 rings (SSSR count). The molecule has 3 heteroatoms. The molecular formula is C14H11N3. The lowest BCUT2D eigenvalue weighted by molar-refractivity contribution is 1.51. The SMILES string of the molecule is [N-]=[N+]=NC=Cc1ccccc1-c1ccccc1. The van der Waals surface area contributed by atoms with Crippen molar-refractivity contribution in [1.29, 1.82) is 0 Å². The lowest BCUT2D eigenvalue weighted by Crippen LogP contribution is -1.81. The monoisotopic (exact) mass is 221 g/mol. The van der Waals surface area contributed by atoms with Gasteiger partial charge in [-0.15, -0.1) is 0 Å². The molecule has 0 unspecified atom stereocenters. The Morgan fingerprint density at radius 3 is 2.41 bits per heavy atom. The van der Waals surface area contributed by atoms with E-state index in [1.807, 2.05) is 48.5 Å². The molecule has 0 atom stereocenters. The summed E-state index contributed by atoms with van der Waals surface area (Å²) < 4.78 is 0. The molecule has 0 saturated carbocycles. The maximum Gasteiger partial charge on any atom is 0.00475 e. The molecule has 0 aromatic heterocycles. The van der Waals surface area contributed by atoms with Gasteiger partial charge < -0.3 is 0 Å². The highest BCUT2D eigenvalue weighted by molar-refractivity contribution is 5.74. The number of nitrogens with zero attached hydrogens (tertiary/aromatic N) is 3. The van der Waals surface area contributed by atoms with E-state index < -0.39 is 0 Å². The van der Waals surface area contributed by atoms with Crippen molar-refractivity contribution in [3.8, 4) is 11.1 Å². The van der Waals surface area contributed by atoms with Gasteiger partial charge in [0.25, 0.3) is 0 Å². The number of hydrogen-bond acceptors (Lipinski definition) is 1. The van der Waals surface area contributed by atoms with Gasteiger partial charge in [0.15, 0.2) is 0 Å². The number of rotatable bonds is 3. The zero-order valence-corrected chi connectivity index (χ0v) is 9.19. The molecule has 0 amide bonds. The molecule has 3 nitrogen and oxygen atoms in total. The summed E-state index contributed by atoms with van der Waals surface area (Å²) in [6.45, 7) is 0. The summed E-state index contributed by atoms with van der Waals surface area (Å²) in [5.74, 6) is 0. The highest BCUT2D eigenvalue weighted by Crippen LogP contribution is 2.24. The van der Waals surface area contributed by atoms with Crippen molar-refractivity contribution in [2.45, 2.75) is 0 Å². The maximum atomic E-state index is 8.24. The van der Waals surface area contributed by atoms with Crippen LogP contribution in [-0.4, -0.2) is 0 Å². The van der Waals surface area contributed by atoms with Crippen molar-refractivity contribution in [2.75, 3.05) is 0 Å². The molecule has 0 saturated heterocycles. The van der Waals surface area contributed by atoms with Crippen molar-refractivity contribution in [2.24, 2.45) is 5.11 Å². The second-order valence-electron chi connectivity index (χ2n) is 3.47. The first-order valence-corrected chi connectivity index (χ1v) is 5.27. The van der Waals surface area contributed by atoms with Gasteiger partial charge in [-0.25, -0.2) is 0 Å². The van der Waals surface area contributed by atoms with Crippen LogP contribution in [-0.2, 0) is 0 Å². The molecule has 0 bridgehead atoms. The lowest BCUT2D eigenvalue weighted by atomic mass is 10.00. The van der Waals surface area contributed by atoms with Gasteiger partial charge in [0, 0.05) is 11.1 Å². The molecule has 0 aliphatic heterocycles. The van der Waals surface area contributed by atoms with Crippen molar-refractivity contribution in [3.63, 3.8) is 0 Å². The van der Waals surface area contributed by atoms with Crippen molar-refractivity contribution < 1.29 is 0 Å². The van der Waals surface area contributed by atoms with E-state index in [1.54, 1.807) is 0 Å². The largest absolute Gasteiger partial charge is 0.0686 e. The van der Waals surface area contributed by atoms with Gasteiger partial charge in [-0.3, -0.25) is 0 Å². The molecule has 0 N–H and O–H groups in total. The molecular weight excluding hydrogens is 210 g/mol. The predicted octanol–water partition coefficient (Wildman–Crippen LogP) is 4.63. The van der Waals surface area contributed by atoms with E-state index >= 15 is 0 Å². The fourth-order valence-electron chi connectivity index (χ4n) is 1.67. The summed E-state index contributed by atoms with van der Waals surface area (Å²) in [4.78, 5) is 2.69. The summed E-state index contributed by atoms with van der Waals surface area (Å²) in [7, 11) is 0. The van der Waals surface area contributed by atoms with Crippen LogP contribution < -0.4 is 0 Å². The Morgan fingerprint density at radius 1 is 0.941 bits per heavy atom. The van der Waals surface area contributed by atoms with E-state index in [0.29, 0.717) is 0 Å². The molecule has 0 heterocycles. The quantitative estimate of drug-likeness (QED) is 0.412. The summed E-state index contributed by atoms with van der Waals surface area (Å²) in [6.07, 6.45) is 3.27. The molecule has 0 aliphatic carbocycles. The van der Waals surface area contributed by atoms with E-state index in [1.165, 1.54) is 6.20 Å². The molecule has 2 aromatic rings. The smallest absolute Gasteiger partial charge is 0.00475 e. The van der Waals surface area contributed by atoms with Gasteiger partial charge >= 0.3 is 0 Å². The zero-order valence-electron chi connectivity index (χ0n) is 9.19. The average Bonchev–Trinajstić information content (AvgIpc) is 2.41. The van der Waals surface area contributed by atoms with Crippen LogP contribution >= 0.6 is 0 Å². The summed E-state index contributed by atoms with van der Waals surface area (Å²) in [6, 6.07) is 18.1. The Morgan fingerprint density at radius 2 is 1.65 bits per heavy atom. The van der Waals surface area contributed by atoms with Crippen LogP contribution in [0.4, 0.5) is 0 Å². The Kier molecular flexibility index (Phi) is 3.58. The Hall–Kier alpha value is -2.51. The van der Waals surface area contributed by atoms with Crippen LogP contribution in [0.15, 0.2) is 65.9 Å². The standard InChI is InChI=1S/C14H11N3/c15-17-16-11-10-13-8-4-5-9-14(13)12-6-2-1-3-7-12/h1-11H. The van der Waals surface area contributed by atoms with Crippen LogP contribution in [0.3, 0.4) is 0 Å². The van der Waals surface area contributed by atoms with Crippen LogP contribution in [0.2, 0.25) is 0 Å². The van der Waals surface area contributed by atoms with E-state index in [9.17, 15) is 0 Å². The first-order chi connectivity index (χ1) is 8.42. The number of azide groups is 1. The Balaban J connectivity index is 2.44. The number of benzene rings is 2. The number of hydrogen-bond donors (Lipinski definition) is 0. The van der Waals surface area contributed by atoms with E-state index in [4.69, 9.17) is 5.53 Å². The fourth-order valence-corrected chi connectivity index (χ4v) is 1.67. The molecule has 0 spiro atoms. The van der Waals surface area contributed by atoms with E-state index in [2.05, 4.69) is 22.2 Å². The van der Waals surface area contributed by atoms with Crippen LogP contribution in [0, 0.1) is 0 Å². The summed E-state index contributed by atoms with van der Waals surface area (Å²) >= 11 is 0. The highest BCUT2D eigenvalue weighted by atomic mass is 15.1. The minimum atomic E-state index is 1.03. The minimum Gasteiger partial charge on any atom is -0.0686 e. The first kappa shape index (κ1) is 11.0. The highest BCUT2D eigenvalue weighted by Gasteiger charge is 2.00. The van der Waals surface area contributed by atoms with Crippen molar-refractivity contribution >= 4 is 6.08 Å². The maximum absolute atomic E-state index is 8.24. The van der Waals surface area contributed by atoms with Crippen molar-refractivity contribution in [1.82, 2.24) is 0 Å². The van der Waals surface area contributed by atoms with Crippen LogP contribution in [0.25, 0.3) is 27.6 Å².